The van der Waals surface area contributed by atoms with E-state index in [2.05, 4.69) is 0 Å². The molecule has 1 saturated heterocycles. The molecule has 8 heavy (non-hydrogen) atoms. The molecule has 1 heterocycles. The van der Waals surface area contributed by atoms with Gasteiger partial charge in [-0.3, -0.25) is 0 Å². The lowest BCUT2D eigenvalue weighted by molar-refractivity contribution is 0.321. The summed E-state index contributed by atoms with van der Waals surface area (Å²) in [4.78, 5) is 2.02. The highest BCUT2D eigenvalue weighted by Gasteiger charge is 2.25. The predicted molar refractivity (Wildman–Crippen MR) is 34.7 cm³/mol. The van der Waals surface area contributed by atoms with E-state index in [0.717, 1.165) is 6.54 Å². The van der Waals surface area contributed by atoms with Crippen LogP contribution in [0.15, 0.2) is 0 Å². The van der Waals surface area contributed by atoms with Gasteiger partial charge in [-0.2, -0.15) is 0 Å². The highest BCUT2D eigenvalue weighted by atomic mass is 19.1. The molecule has 0 aliphatic carbocycles. The zero-order valence-corrected chi connectivity index (χ0v) is 5.39. The molecule has 0 spiro atoms. The Morgan fingerprint density at radius 1 is 1.62 bits per heavy atom. The van der Waals surface area contributed by atoms with Gasteiger partial charge in [0.25, 0.3) is 0 Å². The minimum atomic E-state index is -0.583. The van der Waals surface area contributed by atoms with Crippen LogP contribution in [0.5, 0.6) is 0 Å². The van der Waals surface area contributed by atoms with E-state index in [-0.39, 0.29) is 5.82 Å². The molecule has 0 aromatic heterocycles. The Labute approximate surface area is 50.3 Å². The molecule has 0 radical (unpaired) electrons. The molecule has 1 rings (SSSR count). The molecule has 1 aliphatic heterocycles. The van der Waals surface area contributed by atoms with E-state index in [4.69, 9.17) is 0 Å². The van der Waals surface area contributed by atoms with E-state index in [9.17, 15) is 4.39 Å². The van der Waals surface area contributed by atoms with Crippen LogP contribution in [0.1, 0.15) is 0 Å². The van der Waals surface area contributed by atoms with Crippen molar-refractivity contribution in [2.75, 3.05) is 20.1 Å². The van der Waals surface area contributed by atoms with Gasteiger partial charge in [-0.15, -0.1) is 0 Å². The summed E-state index contributed by atoms with van der Waals surface area (Å²) in [5.41, 5.74) is 0. The highest BCUT2D eigenvalue weighted by Crippen LogP contribution is 2.19. The Balaban J connectivity index is 2.39. The van der Waals surface area contributed by atoms with E-state index in [1.54, 1.807) is 0 Å². The first-order chi connectivity index (χ1) is 3.70. The maximum atomic E-state index is 12.5. The van der Waals surface area contributed by atoms with E-state index in [0.29, 0.717) is 6.54 Å². The van der Waals surface area contributed by atoms with Crippen molar-refractivity contribution < 1.29 is 4.39 Å². The van der Waals surface area contributed by atoms with Crippen LogP contribution in [0.2, 0.25) is 5.82 Å². The molecule has 3 heteroatoms. The first kappa shape index (κ1) is 6.08. The van der Waals surface area contributed by atoms with Gasteiger partial charge in [0.15, 0.2) is 0 Å². The fourth-order valence-corrected chi connectivity index (χ4v) is 1.16. The van der Waals surface area contributed by atoms with Crippen molar-refractivity contribution in [2.45, 2.75) is 12.0 Å². The Morgan fingerprint density at radius 3 is 2.38 bits per heavy atom. The lowest BCUT2D eigenvalue weighted by Gasteiger charge is -2.02. The molecule has 1 fully saturated rings. The average molecular weight is 115 g/mol. The van der Waals surface area contributed by atoms with Gasteiger partial charge in [0.05, 0.1) is 0 Å². The molecule has 2 unspecified atom stereocenters. The van der Waals surface area contributed by atoms with Gasteiger partial charge in [0, 0.05) is 6.54 Å². The molecule has 0 amide bonds. The van der Waals surface area contributed by atoms with Crippen molar-refractivity contribution in [3.63, 3.8) is 0 Å². The van der Waals surface area contributed by atoms with Gasteiger partial charge in [0.1, 0.15) is 14.0 Å². The Kier molecular flexibility index (Phi) is 1.56. The third-order valence-electron chi connectivity index (χ3n) is 1.70. The predicted octanol–water partition coefficient (Wildman–Crippen LogP) is -0.308. The summed E-state index contributed by atoms with van der Waals surface area (Å²) < 4.78 is 12.5. The van der Waals surface area contributed by atoms with Crippen LogP contribution in [-0.4, -0.2) is 39.1 Å². The second kappa shape index (κ2) is 2.06. The third kappa shape index (κ3) is 1.02. The molecular weight excluding hydrogens is 104 g/mol. The van der Waals surface area contributed by atoms with Gasteiger partial charge >= 0.3 is 0 Å². The zero-order chi connectivity index (χ0) is 6.15. The van der Waals surface area contributed by atoms with E-state index < -0.39 is 6.17 Å². The maximum absolute atomic E-state index is 12.5. The number of halogens is 1. The second-order valence-corrected chi connectivity index (χ2v) is 2.71. The van der Waals surface area contributed by atoms with Gasteiger partial charge in [-0.25, -0.2) is 4.39 Å². The third-order valence-corrected chi connectivity index (χ3v) is 1.70. The summed E-state index contributed by atoms with van der Waals surface area (Å²) in [6.45, 7) is 1.54. The molecule has 2 atom stereocenters. The molecule has 46 valence electrons. The topological polar surface area (TPSA) is 3.24 Å². The molecule has 0 aromatic carbocycles. The number of hydrogen-bond donors (Lipinski definition) is 0. The largest absolute Gasteiger partial charge is 0.304 e. The van der Waals surface area contributed by atoms with Crippen LogP contribution in [0.4, 0.5) is 4.39 Å². The average Bonchev–Trinajstić information content (AvgIpc) is 1.85. The summed E-state index contributed by atoms with van der Waals surface area (Å²) in [6, 6.07) is 0. The van der Waals surface area contributed by atoms with Gasteiger partial charge < -0.3 is 4.90 Å². The molecule has 0 bridgehead atoms. The second-order valence-electron chi connectivity index (χ2n) is 2.71. The molecule has 0 N–H and O–H groups in total. The maximum Gasteiger partial charge on any atom is 0.110 e. The minimum absolute atomic E-state index is 0.250. The highest BCUT2D eigenvalue weighted by molar-refractivity contribution is 6.12. The van der Waals surface area contributed by atoms with Crippen LogP contribution in [0.25, 0.3) is 0 Å². The van der Waals surface area contributed by atoms with Crippen molar-refractivity contribution in [1.82, 2.24) is 4.90 Å². The summed E-state index contributed by atoms with van der Waals surface area (Å²) in [6.07, 6.45) is -0.583. The molecule has 1 nitrogen and oxygen atoms in total. The number of likely N-dealkylation sites (tertiary alicyclic amines) is 1. The number of nitrogens with zero attached hydrogens (tertiary/aromatic N) is 1. The Hall–Kier alpha value is -0.0451. The molecule has 0 saturated carbocycles. The van der Waals surface area contributed by atoms with E-state index in [1.165, 1.54) is 0 Å². The van der Waals surface area contributed by atoms with Crippen LogP contribution in [-0.2, 0) is 0 Å². The SMILES string of the molecule is BC1CN(C)CC1F. The molecule has 0 aromatic rings. The summed E-state index contributed by atoms with van der Waals surface area (Å²) in [5, 5.41) is 0. The van der Waals surface area contributed by atoms with Crippen molar-refractivity contribution in [3.05, 3.63) is 0 Å². The van der Waals surface area contributed by atoms with Crippen molar-refractivity contribution in [2.24, 2.45) is 0 Å². The van der Waals surface area contributed by atoms with E-state index in [1.807, 2.05) is 19.8 Å². The molecular formula is C5H11BFN. The van der Waals surface area contributed by atoms with Crippen molar-refractivity contribution >= 4 is 7.85 Å². The van der Waals surface area contributed by atoms with Gasteiger partial charge in [0.2, 0.25) is 0 Å². The van der Waals surface area contributed by atoms with Crippen LogP contribution < -0.4 is 0 Å². The van der Waals surface area contributed by atoms with E-state index >= 15 is 0 Å². The normalized spacial score (nSPS) is 40.8. The standard InChI is InChI=1S/C5H11BFN/c1-8-2-4(6)5(7)3-8/h4-5H,2-3,6H2,1H3. The summed E-state index contributed by atoms with van der Waals surface area (Å²) >= 11 is 0. The fourth-order valence-electron chi connectivity index (χ4n) is 1.16. The molecule has 1 aliphatic rings. The number of hydrogen-bond acceptors (Lipinski definition) is 1. The number of alkyl halides is 1. The first-order valence-electron chi connectivity index (χ1n) is 3.03. The minimum Gasteiger partial charge on any atom is -0.304 e. The Morgan fingerprint density at radius 2 is 2.25 bits per heavy atom. The first-order valence-corrected chi connectivity index (χ1v) is 3.03. The van der Waals surface area contributed by atoms with Gasteiger partial charge in [-0.05, 0) is 19.4 Å². The van der Waals surface area contributed by atoms with Gasteiger partial charge in [-0.1, -0.05) is 0 Å². The number of rotatable bonds is 0. The van der Waals surface area contributed by atoms with Crippen LogP contribution in [0.3, 0.4) is 0 Å². The summed E-state index contributed by atoms with van der Waals surface area (Å²) in [7, 11) is 3.91. The van der Waals surface area contributed by atoms with Crippen molar-refractivity contribution in [3.8, 4) is 0 Å². The smallest absolute Gasteiger partial charge is 0.110 e. The lowest BCUT2D eigenvalue weighted by Crippen LogP contribution is -2.13. The monoisotopic (exact) mass is 115 g/mol. The fraction of sp³-hybridized carbons (Fsp3) is 1.00. The van der Waals surface area contributed by atoms with Crippen LogP contribution in [0, 0.1) is 0 Å². The lowest BCUT2D eigenvalue weighted by atomic mass is 9.86. The summed E-state index contributed by atoms with van der Waals surface area (Å²) in [5.74, 6) is 0.250. The zero-order valence-electron chi connectivity index (χ0n) is 5.39. The Bertz CT molecular complexity index is 78.5. The quantitative estimate of drug-likeness (QED) is 0.391. The van der Waals surface area contributed by atoms with Crippen molar-refractivity contribution in [1.29, 1.82) is 0 Å². The van der Waals surface area contributed by atoms with Crippen LogP contribution >= 0.6 is 0 Å².